The van der Waals surface area contributed by atoms with Gasteiger partial charge in [0.2, 0.25) is 0 Å². The molecule has 0 bridgehead atoms. The van der Waals surface area contributed by atoms with E-state index in [4.69, 9.17) is 11.6 Å². The summed E-state index contributed by atoms with van der Waals surface area (Å²) in [7, 11) is -0.804. The third-order valence-corrected chi connectivity index (χ3v) is 4.14. The van der Waals surface area contributed by atoms with Crippen LogP contribution >= 0.6 is 11.6 Å². The quantitative estimate of drug-likeness (QED) is 0.796. The van der Waals surface area contributed by atoms with Gasteiger partial charge in [-0.3, -0.25) is 4.21 Å². The Morgan fingerprint density at radius 3 is 2.84 bits per heavy atom. The molecule has 0 radical (unpaired) electrons. The fourth-order valence-electron chi connectivity index (χ4n) is 2.08. The lowest BCUT2D eigenvalue weighted by Gasteiger charge is -2.07. The largest absolute Gasteiger partial charge is 0.327 e. The van der Waals surface area contributed by atoms with Crippen molar-refractivity contribution < 1.29 is 8.60 Å². The van der Waals surface area contributed by atoms with Crippen LogP contribution in [-0.4, -0.2) is 25.8 Å². The molecule has 0 N–H and O–H groups in total. The zero-order valence-electron chi connectivity index (χ0n) is 10.9. The third kappa shape index (κ3) is 3.15. The van der Waals surface area contributed by atoms with Crippen LogP contribution in [0.5, 0.6) is 0 Å². The molecule has 0 fully saturated rings. The molecule has 104 valence electrons. The molecule has 1 aromatic heterocycles. The summed E-state index contributed by atoms with van der Waals surface area (Å²) in [4.78, 5) is 4.35. The van der Waals surface area contributed by atoms with Gasteiger partial charge in [0.25, 0.3) is 0 Å². The van der Waals surface area contributed by atoms with E-state index in [0.717, 1.165) is 17.8 Å². The summed E-state index contributed by atoms with van der Waals surface area (Å²) in [6.45, 7) is 2.43. The van der Waals surface area contributed by atoms with Gasteiger partial charge < -0.3 is 4.57 Å². The van der Waals surface area contributed by atoms with Gasteiger partial charge in [0.05, 0.1) is 16.9 Å². The van der Waals surface area contributed by atoms with Crippen LogP contribution in [-0.2, 0) is 23.2 Å². The Labute approximate surface area is 119 Å². The molecule has 3 nitrogen and oxygen atoms in total. The Morgan fingerprint density at radius 1 is 1.47 bits per heavy atom. The lowest BCUT2D eigenvalue weighted by Crippen LogP contribution is -2.06. The molecule has 1 aromatic carbocycles. The molecule has 6 heteroatoms. The van der Waals surface area contributed by atoms with Gasteiger partial charge in [-0.25, -0.2) is 9.37 Å². The van der Waals surface area contributed by atoms with Crippen LogP contribution in [0.2, 0.25) is 0 Å². The van der Waals surface area contributed by atoms with Gasteiger partial charge in [-0.2, -0.15) is 0 Å². The molecule has 2 aromatic rings. The van der Waals surface area contributed by atoms with E-state index in [9.17, 15) is 8.60 Å². The summed E-state index contributed by atoms with van der Waals surface area (Å²) < 4.78 is 26.6. The molecular formula is C13H16ClFN2OS. The first-order valence-electron chi connectivity index (χ1n) is 6.04. The summed E-state index contributed by atoms with van der Waals surface area (Å²) in [5.41, 5.74) is 2.10. The average Bonchev–Trinajstić information content (AvgIpc) is 2.67. The first-order chi connectivity index (χ1) is 9.02. The summed E-state index contributed by atoms with van der Waals surface area (Å²) in [5.74, 6) is 1.39. The molecule has 2 rings (SSSR count). The predicted molar refractivity (Wildman–Crippen MR) is 77.5 cm³/mol. The van der Waals surface area contributed by atoms with Crippen molar-refractivity contribution in [2.24, 2.45) is 0 Å². The van der Waals surface area contributed by atoms with E-state index in [1.54, 1.807) is 19.2 Å². The molecule has 1 heterocycles. The van der Waals surface area contributed by atoms with Crippen molar-refractivity contribution in [1.82, 2.24) is 9.55 Å². The Balaban J connectivity index is 2.39. The lowest BCUT2D eigenvalue weighted by molar-refractivity contribution is 0.619. The molecule has 0 saturated carbocycles. The van der Waals surface area contributed by atoms with Gasteiger partial charge >= 0.3 is 0 Å². The van der Waals surface area contributed by atoms with Crippen molar-refractivity contribution >= 4 is 33.4 Å². The second-order valence-corrected chi connectivity index (χ2v) is 6.36. The molecule has 0 aliphatic rings. The van der Waals surface area contributed by atoms with Crippen molar-refractivity contribution in [2.45, 2.75) is 25.8 Å². The Bertz CT molecular complexity index is 627. The van der Waals surface area contributed by atoms with Crippen LogP contribution in [0.4, 0.5) is 4.39 Å². The average molecular weight is 303 g/mol. The molecule has 0 aliphatic carbocycles. The SMILES string of the molecule is Cc1cc2c(cc1F)nc(CCl)n2CCCS(C)=O. The van der Waals surface area contributed by atoms with Crippen molar-refractivity contribution in [2.75, 3.05) is 12.0 Å². The van der Waals surface area contributed by atoms with Gasteiger partial charge in [-0.05, 0) is 25.0 Å². The van der Waals surface area contributed by atoms with Gasteiger partial charge in [0.15, 0.2) is 0 Å². The number of hydrogen-bond acceptors (Lipinski definition) is 2. The summed E-state index contributed by atoms with van der Waals surface area (Å²) in [6, 6.07) is 3.23. The number of nitrogens with zero attached hydrogens (tertiary/aromatic N) is 2. The number of imidazole rings is 1. The number of rotatable bonds is 5. The number of halogens is 2. The fourth-order valence-corrected chi connectivity index (χ4v) is 2.82. The highest BCUT2D eigenvalue weighted by Crippen LogP contribution is 2.21. The molecular weight excluding hydrogens is 287 g/mol. The van der Waals surface area contributed by atoms with Crippen LogP contribution in [0.15, 0.2) is 12.1 Å². The first kappa shape index (κ1) is 14.5. The van der Waals surface area contributed by atoms with E-state index in [2.05, 4.69) is 4.98 Å². The number of aryl methyl sites for hydroxylation is 2. The number of aromatic nitrogens is 2. The zero-order valence-corrected chi connectivity index (χ0v) is 12.5. The van der Waals surface area contributed by atoms with Crippen molar-refractivity contribution in [1.29, 1.82) is 0 Å². The molecule has 0 amide bonds. The molecule has 0 aliphatic heterocycles. The highest BCUT2D eigenvalue weighted by molar-refractivity contribution is 7.84. The summed E-state index contributed by atoms with van der Waals surface area (Å²) in [5, 5.41) is 0. The first-order valence-corrected chi connectivity index (χ1v) is 8.30. The van der Waals surface area contributed by atoms with Crippen molar-refractivity contribution in [3.8, 4) is 0 Å². The van der Waals surface area contributed by atoms with Crippen LogP contribution < -0.4 is 0 Å². The van der Waals surface area contributed by atoms with E-state index >= 15 is 0 Å². The minimum atomic E-state index is -0.804. The maximum absolute atomic E-state index is 13.5. The maximum atomic E-state index is 13.5. The molecule has 0 saturated heterocycles. The standard InChI is InChI=1S/C13H16ClFN2OS/c1-9-6-12-11(7-10(9)15)16-13(8-14)17(12)4-3-5-19(2)18/h6-7H,3-5,8H2,1-2H3. The maximum Gasteiger partial charge on any atom is 0.128 e. The summed E-state index contributed by atoms with van der Waals surface area (Å²) in [6.07, 6.45) is 2.48. The highest BCUT2D eigenvalue weighted by atomic mass is 35.5. The molecule has 0 spiro atoms. The zero-order chi connectivity index (χ0) is 14.0. The molecule has 1 unspecified atom stereocenters. The highest BCUT2D eigenvalue weighted by Gasteiger charge is 2.12. The smallest absolute Gasteiger partial charge is 0.128 e. The van der Waals surface area contributed by atoms with Crippen molar-refractivity contribution in [3.63, 3.8) is 0 Å². The van der Waals surface area contributed by atoms with Gasteiger partial charge in [0, 0.05) is 35.4 Å². The van der Waals surface area contributed by atoms with Crippen LogP contribution in [0.3, 0.4) is 0 Å². The minimum absolute atomic E-state index is 0.257. The van der Waals surface area contributed by atoms with Crippen LogP contribution in [0, 0.1) is 12.7 Å². The molecule has 19 heavy (non-hydrogen) atoms. The number of benzene rings is 1. The molecule has 1 atom stereocenters. The van der Waals surface area contributed by atoms with Crippen LogP contribution in [0.1, 0.15) is 17.8 Å². The van der Waals surface area contributed by atoms with Crippen LogP contribution in [0.25, 0.3) is 11.0 Å². The number of hydrogen-bond donors (Lipinski definition) is 0. The van der Waals surface area contributed by atoms with E-state index in [0.29, 0.717) is 23.4 Å². The topological polar surface area (TPSA) is 34.9 Å². The van der Waals surface area contributed by atoms with E-state index in [-0.39, 0.29) is 11.7 Å². The van der Waals surface area contributed by atoms with Crippen molar-refractivity contribution in [3.05, 3.63) is 29.3 Å². The monoisotopic (exact) mass is 302 g/mol. The lowest BCUT2D eigenvalue weighted by atomic mass is 10.2. The normalized spacial score (nSPS) is 13.1. The Morgan fingerprint density at radius 2 is 2.21 bits per heavy atom. The third-order valence-electron chi connectivity index (χ3n) is 3.04. The fraction of sp³-hybridized carbons (Fsp3) is 0.462. The van der Waals surface area contributed by atoms with Gasteiger partial charge in [-0.15, -0.1) is 11.6 Å². The van der Waals surface area contributed by atoms with E-state index in [1.165, 1.54) is 6.07 Å². The van der Waals surface area contributed by atoms with Gasteiger partial charge in [0.1, 0.15) is 11.6 Å². The number of fused-ring (bicyclic) bond motifs is 1. The van der Waals surface area contributed by atoms with Gasteiger partial charge in [-0.1, -0.05) is 0 Å². The number of alkyl halides is 1. The van der Waals surface area contributed by atoms with E-state index in [1.807, 2.05) is 4.57 Å². The van der Waals surface area contributed by atoms with E-state index < -0.39 is 10.8 Å². The second-order valence-electron chi connectivity index (χ2n) is 4.53. The minimum Gasteiger partial charge on any atom is -0.327 e. The summed E-state index contributed by atoms with van der Waals surface area (Å²) >= 11 is 5.89. The Hall–Kier alpha value is -0.940. The Kier molecular flexibility index (Phi) is 4.58. The predicted octanol–water partition coefficient (Wildman–Crippen LogP) is 2.99. The second kappa shape index (κ2) is 6.01.